The van der Waals surface area contributed by atoms with Crippen LogP contribution in [0.15, 0.2) is 23.8 Å². The Morgan fingerprint density at radius 3 is 2.47 bits per heavy atom. The van der Waals surface area contributed by atoms with Crippen LogP contribution in [0, 0.1) is 47.3 Å². The Hall–Kier alpha value is -1.21. The van der Waals surface area contributed by atoms with Gasteiger partial charge in [0.25, 0.3) is 0 Å². The molecular formula is C30H46O6. The van der Waals surface area contributed by atoms with E-state index < -0.39 is 11.8 Å². The summed E-state index contributed by atoms with van der Waals surface area (Å²) in [5.74, 6) is 2.66. The van der Waals surface area contributed by atoms with Gasteiger partial charge in [-0.3, -0.25) is 0 Å². The summed E-state index contributed by atoms with van der Waals surface area (Å²) in [6, 6.07) is 0. The fraction of sp³-hybridized carbons (Fsp3) is 0.833. The molecule has 2 bridgehead atoms. The van der Waals surface area contributed by atoms with E-state index in [0.29, 0.717) is 41.1 Å². The molecule has 3 aliphatic carbocycles. The van der Waals surface area contributed by atoms with E-state index in [1.807, 2.05) is 6.92 Å². The summed E-state index contributed by atoms with van der Waals surface area (Å²) in [6.45, 7) is 15.6. The first-order chi connectivity index (χ1) is 17.1. The predicted octanol–water partition coefficient (Wildman–Crippen LogP) is 6.51. The van der Waals surface area contributed by atoms with Crippen LogP contribution in [0.5, 0.6) is 0 Å². The summed E-state index contributed by atoms with van der Waals surface area (Å²) in [5, 5.41) is 9.14. The second kappa shape index (κ2) is 9.83. The van der Waals surface area contributed by atoms with Crippen molar-refractivity contribution >= 4 is 5.97 Å². The first-order valence-corrected chi connectivity index (χ1v) is 14.3. The summed E-state index contributed by atoms with van der Waals surface area (Å²) in [5.41, 5.74) is 1.46. The molecule has 6 fully saturated rings. The van der Waals surface area contributed by atoms with Crippen LogP contribution in [0.2, 0.25) is 0 Å². The lowest BCUT2D eigenvalue weighted by Gasteiger charge is -2.58. The summed E-state index contributed by atoms with van der Waals surface area (Å²) >= 11 is 0. The molecule has 11 atom stereocenters. The molecule has 2 saturated carbocycles. The molecule has 1 spiro atoms. The minimum absolute atomic E-state index is 0.156. The van der Waals surface area contributed by atoms with Gasteiger partial charge in [-0.15, -0.1) is 0 Å². The molecule has 6 heteroatoms. The van der Waals surface area contributed by atoms with Gasteiger partial charge in [0.2, 0.25) is 5.79 Å². The summed E-state index contributed by atoms with van der Waals surface area (Å²) < 4.78 is 12.2. The number of allylic oxidation sites excluding steroid dienone is 2. The minimum atomic E-state index is -0.820. The third-order valence-electron chi connectivity index (χ3n) is 10.7. The number of carboxylic acid groups (broad SMARTS) is 1. The smallest absolute Gasteiger partial charge is 0.331 e. The Balaban J connectivity index is 0.000000149. The molecule has 7 aliphatic rings. The maximum absolute atomic E-state index is 11.1. The molecule has 0 aromatic heterocycles. The van der Waals surface area contributed by atoms with Crippen LogP contribution in [0.25, 0.3) is 0 Å². The monoisotopic (exact) mass is 502 g/mol. The van der Waals surface area contributed by atoms with Crippen molar-refractivity contribution in [2.75, 3.05) is 6.61 Å². The molecule has 0 aromatic carbocycles. The molecule has 0 amide bonds. The summed E-state index contributed by atoms with van der Waals surface area (Å²) in [6.07, 6.45) is 11.1. The van der Waals surface area contributed by atoms with E-state index in [0.717, 1.165) is 38.2 Å². The summed E-state index contributed by atoms with van der Waals surface area (Å²) in [7, 11) is 0. The van der Waals surface area contributed by atoms with Gasteiger partial charge in [0, 0.05) is 17.9 Å². The highest BCUT2D eigenvalue weighted by Crippen LogP contribution is 2.59. The van der Waals surface area contributed by atoms with Gasteiger partial charge in [-0.2, -0.15) is 0 Å². The number of rotatable bonds is 2. The number of aliphatic carboxylic acids is 1. The van der Waals surface area contributed by atoms with Gasteiger partial charge >= 0.3 is 5.97 Å². The van der Waals surface area contributed by atoms with Crippen LogP contribution < -0.4 is 0 Å². The highest BCUT2D eigenvalue weighted by molar-refractivity contribution is 5.86. The highest BCUT2D eigenvalue weighted by atomic mass is 17.3. The van der Waals surface area contributed by atoms with Crippen LogP contribution >= 0.6 is 0 Å². The number of hydrogen-bond donors (Lipinski definition) is 1. The largest absolute Gasteiger partial charge is 0.478 e. The molecule has 4 saturated heterocycles. The number of hydrogen-bond acceptors (Lipinski definition) is 5. The molecule has 7 rings (SSSR count). The second-order valence-electron chi connectivity index (χ2n) is 13.0. The summed E-state index contributed by atoms with van der Waals surface area (Å²) in [4.78, 5) is 22.9. The fourth-order valence-corrected chi connectivity index (χ4v) is 8.49. The lowest BCUT2D eigenvalue weighted by atomic mass is 9.58. The Labute approximate surface area is 216 Å². The van der Waals surface area contributed by atoms with Gasteiger partial charge < -0.3 is 14.6 Å². The zero-order chi connectivity index (χ0) is 25.8. The Bertz CT molecular complexity index is 898. The fourth-order valence-electron chi connectivity index (χ4n) is 8.49. The van der Waals surface area contributed by atoms with Crippen LogP contribution in [0.4, 0.5) is 0 Å². The van der Waals surface area contributed by atoms with E-state index in [1.54, 1.807) is 0 Å². The van der Waals surface area contributed by atoms with Gasteiger partial charge in [-0.25, -0.2) is 14.6 Å². The lowest BCUT2D eigenvalue weighted by molar-refractivity contribution is -0.566. The number of carboxylic acids is 1. The number of carbonyl (C=O) groups is 1. The SMILES string of the molecule is C=C(C(=O)O)[C@@H]1CC[C@@H](C)[C@@H]2CCC(C)=C[C@@H]21.C[C@@H]1CC[C@H]2[C@@H](C)CO[C@@H]3O[C@]4(C)CC[C@@H]1[C@]32OO4. The van der Waals surface area contributed by atoms with E-state index >= 15 is 0 Å². The quantitative estimate of drug-likeness (QED) is 0.263. The average Bonchev–Trinajstić information content (AvgIpc) is 3.08. The van der Waals surface area contributed by atoms with E-state index in [2.05, 4.69) is 40.3 Å². The average molecular weight is 503 g/mol. The maximum atomic E-state index is 11.1. The second-order valence-corrected chi connectivity index (χ2v) is 13.0. The third kappa shape index (κ3) is 4.40. The van der Waals surface area contributed by atoms with Crippen LogP contribution in [-0.2, 0) is 24.0 Å². The van der Waals surface area contributed by atoms with Crippen molar-refractivity contribution in [3.63, 3.8) is 0 Å². The van der Waals surface area contributed by atoms with E-state index in [-0.39, 0.29) is 17.8 Å². The first-order valence-electron chi connectivity index (χ1n) is 14.3. The third-order valence-corrected chi connectivity index (χ3v) is 10.7. The van der Waals surface area contributed by atoms with Crippen molar-refractivity contribution in [1.29, 1.82) is 0 Å². The van der Waals surface area contributed by atoms with Crippen LogP contribution in [0.1, 0.15) is 86.0 Å². The Kier molecular flexibility index (Phi) is 7.21. The standard InChI is InChI=1S/C15H24O4.C15H22O2/c1-9-4-5-11-10(2)8-16-13-15(11)12(9)6-7-14(3,17-13)18-19-15;1-9-4-6-12-10(2)5-7-13(14(12)8-9)11(3)15(16)17/h9-13H,4-8H2,1-3H3;8,10,12-14H,3-7H2,1-2H3,(H,16,17)/t9-,10+,11+,12+,13-,14+,15+;10-,12+,13+,14+/m11/s1. The van der Waals surface area contributed by atoms with Gasteiger partial charge in [0.1, 0.15) is 0 Å². The maximum Gasteiger partial charge on any atom is 0.331 e. The molecule has 202 valence electrons. The highest BCUT2D eigenvalue weighted by Gasteiger charge is 2.67. The topological polar surface area (TPSA) is 74.2 Å². The van der Waals surface area contributed by atoms with Crippen LogP contribution in [0.3, 0.4) is 0 Å². The van der Waals surface area contributed by atoms with Gasteiger partial charge in [-0.1, -0.05) is 39.0 Å². The first kappa shape index (κ1) is 26.4. The zero-order valence-corrected chi connectivity index (χ0v) is 22.8. The van der Waals surface area contributed by atoms with E-state index in [4.69, 9.17) is 24.4 Å². The zero-order valence-electron chi connectivity index (χ0n) is 22.8. The minimum Gasteiger partial charge on any atom is -0.478 e. The number of ether oxygens (including phenoxy) is 2. The van der Waals surface area contributed by atoms with Crippen molar-refractivity contribution < 1.29 is 29.1 Å². The van der Waals surface area contributed by atoms with E-state index in [9.17, 15) is 4.79 Å². The van der Waals surface area contributed by atoms with Crippen molar-refractivity contribution in [3.8, 4) is 0 Å². The molecule has 0 unspecified atom stereocenters. The van der Waals surface area contributed by atoms with E-state index in [1.165, 1.54) is 31.3 Å². The normalized spacial score (nSPS) is 49.4. The molecule has 36 heavy (non-hydrogen) atoms. The molecule has 1 N–H and O–H groups in total. The molecule has 4 aliphatic heterocycles. The molecule has 0 radical (unpaired) electrons. The number of fused-ring (bicyclic) bond motifs is 3. The Morgan fingerprint density at radius 1 is 1.00 bits per heavy atom. The molecule has 0 aromatic rings. The van der Waals surface area contributed by atoms with Gasteiger partial charge in [-0.05, 0) is 100 Å². The van der Waals surface area contributed by atoms with Crippen molar-refractivity contribution in [2.24, 2.45) is 47.3 Å². The lowest BCUT2D eigenvalue weighted by Crippen LogP contribution is -2.68. The van der Waals surface area contributed by atoms with Crippen molar-refractivity contribution in [1.82, 2.24) is 0 Å². The Morgan fingerprint density at radius 2 is 1.72 bits per heavy atom. The van der Waals surface area contributed by atoms with Crippen molar-refractivity contribution in [2.45, 2.75) is 104 Å². The van der Waals surface area contributed by atoms with Crippen LogP contribution in [-0.4, -0.2) is 35.4 Å². The molecular weight excluding hydrogens is 456 g/mol. The van der Waals surface area contributed by atoms with Gasteiger partial charge in [0.15, 0.2) is 11.9 Å². The van der Waals surface area contributed by atoms with Crippen molar-refractivity contribution in [3.05, 3.63) is 23.8 Å². The van der Waals surface area contributed by atoms with Gasteiger partial charge in [0.05, 0.1) is 6.61 Å². The molecule has 4 heterocycles. The predicted molar refractivity (Wildman–Crippen MR) is 137 cm³/mol. The molecule has 6 nitrogen and oxygen atoms in total.